The number of benzene rings is 1. The summed E-state index contributed by atoms with van der Waals surface area (Å²) >= 11 is 0. The van der Waals surface area contributed by atoms with E-state index < -0.39 is 20.8 Å². The van der Waals surface area contributed by atoms with Gasteiger partial charge in [-0.25, -0.2) is 4.79 Å². The lowest BCUT2D eigenvalue weighted by Crippen LogP contribution is -2.43. The summed E-state index contributed by atoms with van der Waals surface area (Å²) in [5.41, 5.74) is 1.00. The molecule has 2 atom stereocenters. The number of para-hydroxylation sites is 1. The molecular formula is C17H26O5Si. The Balaban J connectivity index is 2.25. The van der Waals surface area contributed by atoms with Gasteiger partial charge in [0.05, 0.1) is 19.6 Å². The lowest BCUT2D eigenvalue weighted by atomic mass is 10.0. The number of methoxy groups -OCH3 is 1. The van der Waals surface area contributed by atoms with Gasteiger partial charge >= 0.3 is 6.16 Å². The molecule has 128 valence electrons. The van der Waals surface area contributed by atoms with E-state index in [0.717, 1.165) is 5.56 Å². The molecule has 0 aromatic heterocycles. The molecule has 23 heavy (non-hydrogen) atoms. The highest BCUT2D eigenvalue weighted by molar-refractivity contribution is 6.74. The van der Waals surface area contributed by atoms with E-state index >= 15 is 0 Å². The fourth-order valence-corrected chi connectivity index (χ4v) is 3.51. The van der Waals surface area contributed by atoms with Crippen molar-refractivity contribution in [3.05, 3.63) is 29.8 Å². The maximum Gasteiger partial charge on any atom is 0.511 e. The van der Waals surface area contributed by atoms with Crippen LogP contribution in [0.25, 0.3) is 0 Å². The van der Waals surface area contributed by atoms with Crippen LogP contribution in [0.4, 0.5) is 4.79 Å². The molecule has 1 aromatic rings. The van der Waals surface area contributed by atoms with E-state index in [9.17, 15) is 4.79 Å². The molecule has 1 aromatic carbocycles. The smallest absolute Gasteiger partial charge is 0.454 e. The van der Waals surface area contributed by atoms with Crippen molar-refractivity contribution < 1.29 is 23.4 Å². The number of carbonyl (C=O) groups excluding carboxylic acids is 1. The van der Waals surface area contributed by atoms with Crippen molar-refractivity contribution in [1.82, 2.24) is 0 Å². The zero-order chi connectivity index (χ0) is 17.3. The minimum atomic E-state index is -1.97. The van der Waals surface area contributed by atoms with Crippen LogP contribution in [-0.2, 0) is 13.9 Å². The molecule has 0 aliphatic carbocycles. The summed E-state index contributed by atoms with van der Waals surface area (Å²) in [6.45, 7) is 11.0. The third-order valence-corrected chi connectivity index (χ3v) is 9.05. The average molecular weight is 338 g/mol. The molecule has 0 bridgehead atoms. The number of carbonyl (C=O) groups is 1. The van der Waals surface area contributed by atoms with Gasteiger partial charge in [0.2, 0.25) is 0 Å². The molecule has 2 rings (SSSR count). The van der Waals surface area contributed by atoms with Crippen LogP contribution in [0.2, 0.25) is 18.1 Å². The molecule has 0 spiro atoms. The predicted octanol–water partition coefficient (Wildman–Crippen LogP) is 4.64. The Morgan fingerprint density at radius 3 is 2.52 bits per heavy atom. The van der Waals surface area contributed by atoms with Crippen molar-refractivity contribution in [2.45, 2.75) is 57.7 Å². The van der Waals surface area contributed by atoms with E-state index in [1.165, 1.54) is 7.11 Å². The van der Waals surface area contributed by atoms with Gasteiger partial charge in [0.15, 0.2) is 8.32 Å². The Morgan fingerprint density at radius 1 is 1.26 bits per heavy atom. The highest BCUT2D eigenvalue weighted by atomic mass is 28.4. The van der Waals surface area contributed by atoms with Crippen LogP contribution in [0.1, 0.15) is 38.9 Å². The molecule has 0 fully saturated rings. The van der Waals surface area contributed by atoms with E-state index in [1.54, 1.807) is 0 Å². The van der Waals surface area contributed by atoms with Gasteiger partial charge in [-0.3, -0.25) is 0 Å². The molecule has 1 heterocycles. The first-order valence-corrected chi connectivity index (χ1v) is 10.7. The lowest BCUT2D eigenvalue weighted by molar-refractivity contribution is -0.0910. The largest absolute Gasteiger partial charge is 0.511 e. The van der Waals surface area contributed by atoms with Gasteiger partial charge in [-0.2, -0.15) is 0 Å². The van der Waals surface area contributed by atoms with Crippen LogP contribution in [0.5, 0.6) is 5.75 Å². The van der Waals surface area contributed by atoms with Gasteiger partial charge in [-0.05, 0) is 24.2 Å². The monoisotopic (exact) mass is 338 g/mol. The zero-order valence-corrected chi connectivity index (χ0v) is 15.7. The van der Waals surface area contributed by atoms with Gasteiger partial charge in [0.1, 0.15) is 5.75 Å². The van der Waals surface area contributed by atoms with Crippen LogP contribution < -0.4 is 4.74 Å². The molecule has 0 amide bonds. The maximum absolute atomic E-state index is 11.4. The second-order valence-electron chi connectivity index (χ2n) is 7.26. The van der Waals surface area contributed by atoms with Crippen molar-refractivity contribution in [2.75, 3.05) is 7.11 Å². The van der Waals surface area contributed by atoms with Crippen LogP contribution in [0.15, 0.2) is 24.3 Å². The van der Waals surface area contributed by atoms with Crippen LogP contribution >= 0.6 is 0 Å². The van der Waals surface area contributed by atoms with Crippen molar-refractivity contribution in [2.24, 2.45) is 0 Å². The van der Waals surface area contributed by atoms with E-state index in [2.05, 4.69) is 38.6 Å². The highest BCUT2D eigenvalue weighted by Gasteiger charge is 2.42. The first-order chi connectivity index (χ1) is 10.6. The lowest BCUT2D eigenvalue weighted by Gasteiger charge is -2.41. The third-order valence-electron chi connectivity index (χ3n) is 4.57. The summed E-state index contributed by atoms with van der Waals surface area (Å²) in [4.78, 5) is 11.4. The number of rotatable bonds is 3. The summed E-state index contributed by atoms with van der Waals surface area (Å²) < 4.78 is 22.0. The predicted molar refractivity (Wildman–Crippen MR) is 90.0 cm³/mol. The molecule has 0 N–H and O–H groups in total. The molecule has 0 radical (unpaired) electrons. The summed E-state index contributed by atoms with van der Waals surface area (Å²) in [6.07, 6.45) is -1.15. The van der Waals surface area contributed by atoms with Gasteiger partial charge < -0.3 is 18.6 Å². The molecular weight excluding hydrogens is 312 g/mol. The fourth-order valence-electron chi connectivity index (χ4n) is 2.22. The number of hydrogen-bond donors (Lipinski definition) is 0. The van der Waals surface area contributed by atoms with Crippen LogP contribution in [0, 0.1) is 0 Å². The topological polar surface area (TPSA) is 54.0 Å². The Bertz CT molecular complexity index is 564. The Morgan fingerprint density at radius 2 is 1.91 bits per heavy atom. The minimum absolute atomic E-state index is 0.0962. The molecule has 1 aliphatic rings. The van der Waals surface area contributed by atoms with Crippen LogP contribution in [0.3, 0.4) is 0 Å². The summed E-state index contributed by atoms with van der Waals surface area (Å²) in [7, 11) is -0.685. The summed E-state index contributed by atoms with van der Waals surface area (Å²) in [6, 6.07) is 7.72. The second-order valence-corrected chi connectivity index (χ2v) is 12.0. The molecule has 1 aliphatic heterocycles. The third kappa shape index (κ3) is 4.06. The zero-order valence-electron chi connectivity index (χ0n) is 14.7. The number of fused-ring (bicyclic) bond motifs is 1. The Labute approximate surface area is 139 Å². The Kier molecular flexibility index (Phi) is 5.06. The minimum Gasteiger partial charge on any atom is -0.454 e. The van der Waals surface area contributed by atoms with Crippen molar-refractivity contribution >= 4 is 14.5 Å². The quantitative estimate of drug-likeness (QED) is 0.593. The van der Waals surface area contributed by atoms with Crippen LogP contribution in [-0.4, -0.2) is 27.9 Å². The summed E-state index contributed by atoms with van der Waals surface area (Å²) in [5, 5.41) is 0.0962. The number of ether oxygens (including phenoxy) is 3. The molecule has 6 heteroatoms. The standard InChI is InChI=1S/C17H26O5Si/c1-17(2,3)23(5,6)22-14-11-15(21-16(18)19-4)20-13-10-8-7-9-12(13)14/h7-10,14-15H,11H2,1-6H3. The van der Waals surface area contributed by atoms with Crippen molar-refractivity contribution in [3.8, 4) is 5.75 Å². The SMILES string of the molecule is COC(=O)OC1CC(O[Si](C)(C)C(C)(C)C)c2ccccc2O1. The first kappa shape index (κ1) is 17.8. The normalized spacial score (nSPS) is 21.1. The highest BCUT2D eigenvalue weighted by Crippen LogP contribution is 2.44. The Hall–Kier alpha value is -1.53. The van der Waals surface area contributed by atoms with E-state index in [1.807, 2.05) is 24.3 Å². The fraction of sp³-hybridized carbons (Fsp3) is 0.588. The second kappa shape index (κ2) is 6.53. The van der Waals surface area contributed by atoms with E-state index in [-0.39, 0.29) is 11.1 Å². The van der Waals surface area contributed by atoms with Gasteiger partial charge in [-0.15, -0.1) is 0 Å². The average Bonchev–Trinajstić information content (AvgIpc) is 2.45. The first-order valence-electron chi connectivity index (χ1n) is 7.82. The molecule has 0 saturated heterocycles. The van der Waals surface area contributed by atoms with Gasteiger partial charge in [-0.1, -0.05) is 39.0 Å². The van der Waals surface area contributed by atoms with E-state index in [0.29, 0.717) is 12.2 Å². The molecule has 5 nitrogen and oxygen atoms in total. The van der Waals surface area contributed by atoms with Gasteiger partial charge in [0, 0.05) is 5.56 Å². The number of hydrogen-bond acceptors (Lipinski definition) is 5. The summed E-state index contributed by atoms with van der Waals surface area (Å²) in [5.74, 6) is 0.691. The molecule has 2 unspecified atom stereocenters. The molecule has 0 saturated carbocycles. The maximum atomic E-state index is 11.4. The van der Waals surface area contributed by atoms with E-state index in [4.69, 9.17) is 13.9 Å². The van der Waals surface area contributed by atoms with Crippen molar-refractivity contribution in [3.63, 3.8) is 0 Å². The van der Waals surface area contributed by atoms with Gasteiger partial charge in [0.25, 0.3) is 6.29 Å². The van der Waals surface area contributed by atoms with Crippen molar-refractivity contribution in [1.29, 1.82) is 0 Å².